The van der Waals surface area contributed by atoms with Gasteiger partial charge in [-0.15, -0.1) is 0 Å². The van der Waals surface area contributed by atoms with Gasteiger partial charge < -0.3 is 5.73 Å². The minimum atomic E-state index is -3.59. The van der Waals surface area contributed by atoms with E-state index >= 15 is 0 Å². The topological polar surface area (TPSA) is 92.1 Å². The zero-order chi connectivity index (χ0) is 14.0. The van der Waals surface area contributed by atoms with Crippen LogP contribution < -0.4 is 5.73 Å². The van der Waals surface area contributed by atoms with Crippen molar-refractivity contribution in [1.29, 1.82) is 0 Å². The molecule has 1 saturated carbocycles. The van der Waals surface area contributed by atoms with Crippen LogP contribution in [0.4, 0.5) is 0 Å². The average Bonchev–Trinajstić information content (AvgIpc) is 2.95. The Morgan fingerprint density at radius 1 is 1.58 bits per heavy atom. The molecule has 0 aliphatic heterocycles. The van der Waals surface area contributed by atoms with Crippen molar-refractivity contribution in [1.82, 2.24) is 14.5 Å². The number of nitrogens with two attached hydrogens (primary N) is 1. The van der Waals surface area contributed by atoms with Crippen LogP contribution in [0.25, 0.3) is 0 Å². The number of aryl methyl sites for hydroxylation is 1. The predicted octanol–water partition coefficient (Wildman–Crippen LogP) is 0.938. The summed E-state index contributed by atoms with van der Waals surface area (Å²) in [5.41, 5.74) is 6.08. The molecule has 1 aliphatic carbocycles. The van der Waals surface area contributed by atoms with Crippen molar-refractivity contribution in [2.24, 2.45) is 5.73 Å². The summed E-state index contributed by atoms with van der Waals surface area (Å²) >= 11 is 4.89. The first kappa shape index (κ1) is 14.4. The molecule has 1 aliphatic rings. The number of hydrogen-bond donors (Lipinski definition) is 2. The molecule has 0 atom stereocenters. The van der Waals surface area contributed by atoms with Gasteiger partial charge in [0, 0.05) is 6.04 Å². The third kappa shape index (κ3) is 2.96. The molecule has 8 heteroatoms. The molecule has 0 aromatic carbocycles. The van der Waals surface area contributed by atoms with Crippen molar-refractivity contribution in [3.63, 3.8) is 0 Å². The lowest BCUT2D eigenvalue weighted by molar-refractivity contribution is 0.355. The second-order valence-corrected chi connectivity index (χ2v) is 7.20. The van der Waals surface area contributed by atoms with E-state index in [4.69, 9.17) is 18.0 Å². The standard InChI is InChI=1S/C11H18N4O2S2/c1-8-10(6-13-14-8)19(16,17)15(7-11(12)18)9-4-2-3-5-9/h6,9H,2-5,7H2,1H3,(H2,12,18)(H,13,14). The molecule has 0 saturated heterocycles. The van der Waals surface area contributed by atoms with Crippen LogP contribution in [-0.2, 0) is 10.0 Å². The lowest BCUT2D eigenvalue weighted by Crippen LogP contribution is -2.43. The number of aromatic amines is 1. The van der Waals surface area contributed by atoms with Gasteiger partial charge in [-0.3, -0.25) is 5.10 Å². The average molecular weight is 302 g/mol. The van der Waals surface area contributed by atoms with Crippen molar-refractivity contribution < 1.29 is 8.42 Å². The van der Waals surface area contributed by atoms with Gasteiger partial charge in [0.25, 0.3) is 0 Å². The third-order valence-electron chi connectivity index (χ3n) is 3.41. The third-order valence-corrected chi connectivity index (χ3v) is 5.56. The maximum atomic E-state index is 12.7. The van der Waals surface area contributed by atoms with E-state index in [1.807, 2.05) is 0 Å². The highest BCUT2D eigenvalue weighted by Crippen LogP contribution is 2.29. The molecule has 1 aromatic rings. The molecule has 0 spiro atoms. The van der Waals surface area contributed by atoms with Gasteiger partial charge in [-0.1, -0.05) is 25.1 Å². The highest BCUT2D eigenvalue weighted by Gasteiger charge is 2.35. The molecule has 0 amide bonds. The number of hydrogen-bond acceptors (Lipinski definition) is 4. The zero-order valence-electron chi connectivity index (χ0n) is 10.8. The fourth-order valence-electron chi connectivity index (χ4n) is 2.48. The molecule has 0 unspecified atom stereocenters. The van der Waals surface area contributed by atoms with Gasteiger partial charge in [-0.2, -0.15) is 9.40 Å². The minimum absolute atomic E-state index is 0.0131. The van der Waals surface area contributed by atoms with Crippen molar-refractivity contribution >= 4 is 27.2 Å². The van der Waals surface area contributed by atoms with E-state index in [0.29, 0.717) is 5.69 Å². The quantitative estimate of drug-likeness (QED) is 0.790. The molecule has 1 heterocycles. The van der Waals surface area contributed by atoms with Crippen LogP contribution >= 0.6 is 12.2 Å². The number of thiocarbonyl (C=S) groups is 1. The Kier molecular flexibility index (Phi) is 4.22. The van der Waals surface area contributed by atoms with Crippen LogP contribution in [0.15, 0.2) is 11.1 Å². The van der Waals surface area contributed by atoms with Gasteiger partial charge >= 0.3 is 0 Å². The molecule has 6 nitrogen and oxygen atoms in total. The summed E-state index contributed by atoms with van der Waals surface area (Å²) in [5.74, 6) is 0. The Hall–Kier alpha value is -0.990. The van der Waals surface area contributed by atoms with E-state index in [1.165, 1.54) is 10.5 Å². The van der Waals surface area contributed by atoms with Gasteiger partial charge in [0.2, 0.25) is 10.0 Å². The van der Waals surface area contributed by atoms with E-state index in [-0.39, 0.29) is 22.5 Å². The normalized spacial score (nSPS) is 17.2. The summed E-state index contributed by atoms with van der Waals surface area (Å²) in [5, 5.41) is 6.43. The Morgan fingerprint density at radius 2 is 2.21 bits per heavy atom. The molecule has 2 rings (SSSR count). The van der Waals surface area contributed by atoms with E-state index < -0.39 is 10.0 Å². The van der Waals surface area contributed by atoms with E-state index in [1.54, 1.807) is 6.92 Å². The van der Waals surface area contributed by atoms with Crippen molar-refractivity contribution in [2.45, 2.75) is 43.5 Å². The molecule has 19 heavy (non-hydrogen) atoms. The fraction of sp³-hybridized carbons (Fsp3) is 0.636. The van der Waals surface area contributed by atoms with E-state index in [2.05, 4.69) is 10.2 Å². The fourth-order valence-corrected chi connectivity index (χ4v) is 4.49. The number of aromatic nitrogens is 2. The number of nitrogens with zero attached hydrogens (tertiary/aromatic N) is 2. The highest BCUT2D eigenvalue weighted by atomic mass is 32.2. The smallest absolute Gasteiger partial charge is 0.247 e. The van der Waals surface area contributed by atoms with Crippen LogP contribution in [-0.4, -0.2) is 40.5 Å². The molecule has 1 fully saturated rings. The lowest BCUT2D eigenvalue weighted by atomic mass is 10.2. The Balaban J connectivity index is 2.36. The maximum absolute atomic E-state index is 12.7. The monoisotopic (exact) mass is 302 g/mol. The van der Waals surface area contributed by atoms with Crippen LogP contribution in [0.5, 0.6) is 0 Å². The second kappa shape index (κ2) is 5.56. The van der Waals surface area contributed by atoms with E-state index in [9.17, 15) is 8.42 Å². The molecule has 0 bridgehead atoms. The van der Waals surface area contributed by atoms with Gasteiger partial charge in [0.05, 0.1) is 23.4 Å². The van der Waals surface area contributed by atoms with Crippen molar-refractivity contribution in [3.8, 4) is 0 Å². The SMILES string of the molecule is Cc1[nH]ncc1S(=O)(=O)N(CC(N)=S)C1CCCC1. The number of rotatable bonds is 5. The molecular formula is C11H18N4O2S2. The predicted molar refractivity (Wildman–Crippen MR) is 76.3 cm³/mol. The second-order valence-electron chi connectivity index (χ2n) is 4.81. The van der Waals surface area contributed by atoms with Crippen molar-refractivity contribution in [3.05, 3.63) is 11.9 Å². The first-order valence-corrected chi connectivity index (χ1v) is 8.08. The molecule has 0 radical (unpaired) electrons. The summed E-state index contributed by atoms with van der Waals surface area (Å²) in [6, 6.07) is -0.0131. The summed E-state index contributed by atoms with van der Waals surface area (Å²) in [7, 11) is -3.59. The first-order chi connectivity index (χ1) is 8.93. The Morgan fingerprint density at radius 3 is 2.68 bits per heavy atom. The summed E-state index contributed by atoms with van der Waals surface area (Å²) in [6.07, 6.45) is 5.14. The number of H-pyrrole nitrogens is 1. The first-order valence-electron chi connectivity index (χ1n) is 6.23. The number of sulfonamides is 1. The van der Waals surface area contributed by atoms with Crippen LogP contribution in [0.3, 0.4) is 0 Å². The molecule has 3 N–H and O–H groups in total. The highest BCUT2D eigenvalue weighted by molar-refractivity contribution is 7.89. The van der Waals surface area contributed by atoms with E-state index in [0.717, 1.165) is 25.7 Å². The maximum Gasteiger partial charge on any atom is 0.247 e. The van der Waals surface area contributed by atoms with Crippen LogP contribution in [0.1, 0.15) is 31.4 Å². The molecule has 1 aromatic heterocycles. The lowest BCUT2D eigenvalue weighted by Gasteiger charge is -2.27. The number of nitrogens with one attached hydrogen (secondary N) is 1. The van der Waals surface area contributed by atoms with Gasteiger partial charge in [0.15, 0.2) is 0 Å². The van der Waals surface area contributed by atoms with Gasteiger partial charge in [-0.05, 0) is 19.8 Å². The minimum Gasteiger partial charge on any atom is -0.392 e. The van der Waals surface area contributed by atoms with Crippen LogP contribution in [0, 0.1) is 6.92 Å². The van der Waals surface area contributed by atoms with Gasteiger partial charge in [0.1, 0.15) is 4.90 Å². The Labute approximate surface area is 118 Å². The van der Waals surface area contributed by atoms with Crippen molar-refractivity contribution in [2.75, 3.05) is 6.54 Å². The van der Waals surface area contributed by atoms with Crippen LogP contribution in [0.2, 0.25) is 0 Å². The molecular weight excluding hydrogens is 284 g/mol. The summed E-state index contributed by atoms with van der Waals surface area (Å²) < 4.78 is 26.8. The largest absolute Gasteiger partial charge is 0.392 e. The summed E-state index contributed by atoms with van der Waals surface area (Å²) in [6.45, 7) is 1.78. The van der Waals surface area contributed by atoms with Gasteiger partial charge in [-0.25, -0.2) is 8.42 Å². The zero-order valence-corrected chi connectivity index (χ0v) is 12.4. The molecule has 106 valence electrons. The summed E-state index contributed by atoms with van der Waals surface area (Å²) in [4.78, 5) is 0.396. The Bertz CT molecular complexity index is 561.